The normalized spacial score (nSPS) is 23.2. The highest BCUT2D eigenvalue weighted by Crippen LogP contribution is 2.20. The lowest BCUT2D eigenvalue weighted by Crippen LogP contribution is -2.58. The van der Waals surface area contributed by atoms with E-state index in [4.69, 9.17) is 9.84 Å². The summed E-state index contributed by atoms with van der Waals surface area (Å²) in [5, 5.41) is 11.8. The Morgan fingerprint density at radius 3 is 2.65 bits per heavy atom. The molecule has 1 rings (SSSR count). The molecular formula is C14H26N2O4. The van der Waals surface area contributed by atoms with E-state index in [2.05, 4.69) is 5.32 Å². The number of urea groups is 1. The fraction of sp³-hybridized carbons (Fsp3) is 0.857. The van der Waals surface area contributed by atoms with E-state index >= 15 is 0 Å². The number of carbonyl (C=O) groups excluding carboxylic acids is 1. The van der Waals surface area contributed by atoms with E-state index in [1.54, 1.807) is 4.90 Å². The first kappa shape index (κ1) is 16.8. The number of carboxylic acids is 1. The molecule has 2 atom stereocenters. The van der Waals surface area contributed by atoms with Crippen LogP contribution in [-0.4, -0.2) is 52.8 Å². The minimum Gasteiger partial charge on any atom is -0.480 e. The van der Waals surface area contributed by atoms with Crippen LogP contribution in [-0.2, 0) is 9.53 Å². The summed E-state index contributed by atoms with van der Waals surface area (Å²) in [4.78, 5) is 25.0. The van der Waals surface area contributed by atoms with E-state index < -0.39 is 17.6 Å². The van der Waals surface area contributed by atoms with Crippen LogP contribution in [0.2, 0.25) is 0 Å². The second-order valence-electron chi connectivity index (χ2n) is 6.05. The summed E-state index contributed by atoms with van der Waals surface area (Å²) >= 11 is 0. The van der Waals surface area contributed by atoms with E-state index in [1.165, 1.54) is 0 Å². The number of hydrogen-bond acceptors (Lipinski definition) is 3. The van der Waals surface area contributed by atoms with Gasteiger partial charge in [-0.3, -0.25) is 0 Å². The predicted molar refractivity (Wildman–Crippen MR) is 75.7 cm³/mol. The fourth-order valence-corrected chi connectivity index (χ4v) is 2.51. The molecule has 0 aromatic heterocycles. The molecule has 1 aliphatic rings. The Hall–Kier alpha value is -1.30. The Morgan fingerprint density at radius 2 is 2.15 bits per heavy atom. The first-order chi connectivity index (χ1) is 9.25. The highest BCUT2D eigenvalue weighted by molar-refractivity contribution is 5.82. The smallest absolute Gasteiger partial charge is 0.326 e. The van der Waals surface area contributed by atoms with Crippen molar-refractivity contribution in [2.75, 3.05) is 13.1 Å². The van der Waals surface area contributed by atoms with Crippen LogP contribution < -0.4 is 5.32 Å². The molecule has 0 aromatic carbocycles. The average Bonchev–Trinajstić information content (AvgIpc) is 2.31. The lowest BCUT2D eigenvalue weighted by atomic mass is 10.1. The Morgan fingerprint density at radius 1 is 1.50 bits per heavy atom. The lowest BCUT2D eigenvalue weighted by molar-refractivity contribution is -0.139. The molecule has 20 heavy (non-hydrogen) atoms. The molecule has 0 saturated carbocycles. The third kappa shape index (κ3) is 5.00. The number of rotatable bonds is 5. The summed E-state index contributed by atoms with van der Waals surface area (Å²) < 4.78 is 5.73. The van der Waals surface area contributed by atoms with Crippen LogP contribution in [0.1, 0.15) is 47.0 Å². The third-order valence-electron chi connectivity index (χ3n) is 3.30. The number of aliphatic carboxylic acids is 1. The highest BCUT2D eigenvalue weighted by Gasteiger charge is 2.34. The summed E-state index contributed by atoms with van der Waals surface area (Å²) in [6.45, 7) is 8.70. The molecule has 0 aliphatic carbocycles. The molecule has 116 valence electrons. The maximum Gasteiger partial charge on any atom is 0.326 e. The fourth-order valence-electron chi connectivity index (χ4n) is 2.51. The van der Waals surface area contributed by atoms with Crippen molar-refractivity contribution in [2.24, 2.45) is 0 Å². The van der Waals surface area contributed by atoms with E-state index in [9.17, 15) is 9.59 Å². The van der Waals surface area contributed by atoms with Gasteiger partial charge in [0.15, 0.2) is 0 Å². The van der Waals surface area contributed by atoms with Crippen LogP contribution in [0.15, 0.2) is 0 Å². The van der Waals surface area contributed by atoms with Gasteiger partial charge in [-0.05, 0) is 27.2 Å². The van der Waals surface area contributed by atoms with Gasteiger partial charge in [0.05, 0.1) is 18.2 Å². The molecule has 6 nitrogen and oxygen atoms in total. The second-order valence-corrected chi connectivity index (χ2v) is 6.05. The standard InChI is InChI=1S/C14H26N2O4/c1-5-6-7-11(12(17)18)15-13(19)16-8-10(2)20-14(3,4)9-16/h10-11H,5-9H2,1-4H3,(H,15,19)(H,17,18)/t10?,11-/m0/s1. The Kier molecular flexibility index (Phi) is 5.80. The van der Waals surface area contributed by atoms with Crippen molar-refractivity contribution in [3.63, 3.8) is 0 Å². The van der Waals surface area contributed by atoms with Crippen LogP contribution in [0.3, 0.4) is 0 Å². The zero-order chi connectivity index (χ0) is 15.3. The predicted octanol–water partition coefficient (Wildman–Crippen LogP) is 1.84. The molecule has 1 unspecified atom stereocenters. The van der Waals surface area contributed by atoms with Crippen LogP contribution >= 0.6 is 0 Å². The van der Waals surface area contributed by atoms with Gasteiger partial charge in [-0.2, -0.15) is 0 Å². The number of ether oxygens (including phenoxy) is 1. The number of unbranched alkanes of at least 4 members (excludes halogenated alkanes) is 1. The Balaban J connectivity index is 2.61. The van der Waals surface area contributed by atoms with Gasteiger partial charge in [0.2, 0.25) is 0 Å². The van der Waals surface area contributed by atoms with Crippen molar-refractivity contribution in [3.8, 4) is 0 Å². The number of carboxylic acid groups (broad SMARTS) is 1. The zero-order valence-electron chi connectivity index (χ0n) is 12.8. The Bertz CT molecular complexity index is 357. The molecule has 2 N–H and O–H groups in total. The van der Waals surface area contributed by atoms with Gasteiger partial charge in [0.25, 0.3) is 0 Å². The maximum atomic E-state index is 12.2. The van der Waals surface area contributed by atoms with Gasteiger partial charge in [0, 0.05) is 6.54 Å². The van der Waals surface area contributed by atoms with E-state index in [-0.39, 0.29) is 12.1 Å². The van der Waals surface area contributed by atoms with Crippen LogP contribution in [0.25, 0.3) is 0 Å². The van der Waals surface area contributed by atoms with E-state index in [0.29, 0.717) is 19.5 Å². The lowest BCUT2D eigenvalue weighted by Gasteiger charge is -2.41. The number of nitrogens with zero attached hydrogens (tertiary/aromatic N) is 1. The van der Waals surface area contributed by atoms with Gasteiger partial charge in [0.1, 0.15) is 6.04 Å². The molecule has 6 heteroatoms. The van der Waals surface area contributed by atoms with Crippen molar-refractivity contribution in [3.05, 3.63) is 0 Å². The summed E-state index contributed by atoms with van der Waals surface area (Å²) in [5.74, 6) is -0.979. The number of hydrogen-bond donors (Lipinski definition) is 2. The van der Waals surface area contributed by atoms with E-state index in [0.717, 1.165) is 12.8 Å². The number of nitrogens with one attached hydrogen (secondary N) is 1. The molecule has 0 bridgehead atoms. The summed E-state index contributed by atoms with van der Waals surface area (Å²) in [5.41, 5.74) is -0.406. The molecule has 1 aliphatic heterocycles. The van der Waals surface area contributed by atoms with Gasteiger partial charge in [-0.1, -0.05) is 19.8 Å². The van der Waals surface area contributed by atoms with Gasteiger partial charge in [-0.25, -0.2) is 9.59 Å². The van der Waals surface area contributed by atoms with Crippen LogP contribution in [0.4, 0.5) is 4.79 Å². The van der Waals surface area contributed by atoms with E-state index in [1.807, 2.05) is 27.7 Å². The molecule has 1 fully saturated rings. The van der Waals surface area contributed by atoms with Crippen molar-refractivity contribution >= 4 is 12.0 Å². The summed E-state index contributed by atoms with van der Waals surface area (Å²) in [7, 11) is 0. The molecule has 0 spiro atoms. The molecule has 0 aromatic rings. The first-order valence-electron chi connectivity index (χ1n) is 7.21. The van der Waals surface area contributed by atoms with Crippen LogP contribution in [0.5, 0.6) is 0 Å². The third-order valence-corrected chi connectivity index (χ3v) is 3.30. The average molecular weight is 286 g/mol. The van der Waals surface area contributed by atoms with Gasteiger partial charge >= 0.3 is 12.0 Å². The van der Waals surface area contributed by atoms with Gasteiger partial charge < -0.3 is 20.1 Å². The number of carbonyl (C=O) groups is 2. The summed E-state index contributed by atoms with van der Waals surface area (Å²) in [6.07, 6.45) is 2.09. The zero-order valence-corrected chi connectivity index (χ0v) is 12.8. The molecule has 0 radical (unpaired) electrons. The molecule has 2 amide bonds. The number of amides is 2. The molecular weight excluding hydrogens is 260 g/mol. The van der Waals surface area contributed by atoms with Crippen molar-refractivity contribution in [2.45, 2.75) is 64.7 Å². The maximum absolute atomic E-state index is 12.2. The summed E-state index contributed by atoms with van der Waals surface area (Å²) in [6, 6.07) is -1.14. The van der Waals surface area contributed by atoms with Crippen molar-refractivity contribution in [1.82, 2.24) is 10.2 Å². The molecule has 1 heterocycles. The minimum atomic E-state index is -0.979. The number of morpholine rings is 1. The SMILES string of the molecule is CCCC[C@H](NC(=O)N1CC(C)OC(C)(C)C1)C(=O)O. The monoisotopic (exact) mass is 286 g/mol. The van der Waals surface area contributed by atoms with Crippen LogP contribution in [0, 0.1) is 0 Å². The van der Waals surface area contributed by atoms with Crippen molar-refractivity contribution in [1.29, 1.82) is 0 Å². The van der Waals surface area contributed by atoms with Crippen molar-refractivity contribution < 1.29 is 19.4 Å². The minimum absolute atomic E-state index is 0.0524. The molecule has 1 saturated heterocycles. The quantitative estimate of drug-likeness (QED) is 0.808. The topological polar surface area (TPSA) is 78.9 Å². The highest BCUT2D eigenvalue weighted by atomic mass is 16.5. The second kappa shape index (κ2) is 6.92. The van der Waals surface area contributed by atoms with Gasteiger partial charge in [-0.15, -0.1) is 0 Å². The largest absolute Gasteiger partial charge is 0.480 e. The first-order valence-corrected chi connectivity index (χ1v) is 7.21. The Labute approximate surface area is 120 Å².